The Hall–Kier alpha value is -3.08. The van der Waals surface area contributed by atoms with E-state index in [-0.39, 0.29) is 5.91 Å². The van der Waals surface area contributed by atoms with Crippen LogP contribution in [0, 0.1) is 0 Å². The van der Waals surface area contributed by atoms with E-state index in [1.165, 1.54) is 0 Å². The summed E-state index contributed by atoms with van der Waals surface area (Å²) in [6, 6.07) is 15.2. The number of amides is 1. The van der Waals surface area contributed by atoms with Gasteiger partial charge in [0.05, 0.1) is 11.0 Å². The number of aromatic nitrogens is 3. The lowest BCUT2D eigenvalue weighted by atomic mass is 10.1. The summed E-state index contributed by atoms with van der Waals surface area (Å²) in [6.07, 6.45) is 1.85. The number of anilines is 1. The lowest BCUT2D eigenvalue weighted by molar-refractivity contribution is 0.102. The SMILES string of the molecule is O=C(Nc1nc2ccccc2[nH]1)c1ccc2cc[nH]c2c1. The normalized spacial score (nSPS) is 11.0. The average Bonchev–Trinajstić information content (AvgIpc) is 3.11. The van der Waals surface area contributed by atoms with Crippen molar-refractivity contribution in [2.24, 2.45) is 0 Å². The van der Waals surface area contributed by atoms with Crippen molar-refractivity contribution in [2.75, 3.05) is 5.32 Å². The van der Waals surface area contributed by atoms with Crippen molar-refractivity contribution >= 4 is 33.8 Å². The maximum Gasteiger partial charge on any atom is 0.258 e. The van der Waals surface area contributed by atoms with Crippen LogP contribution in [-0.2, 0) is 0 Å². The number of aromatic amines is 2. The maximum atomic E-state index is 12.3. The van der Waals surface area contributed by atoms with Gasteiger partial charge in [-0.15, -0.1) is 0 Å². The highest BCUT2D eigenvalue weighted by Crippen LogP contribution is 2.17. The predicted octanol–water partition coefficient (Wildman–Crippen LogP) is 3.30. The van der Waals surface area contributed by atoms with Crippen molar-refractivity contribution in [3.63, 3.8) is 0 Å². The summed E-state index contributed by atoms with van der Waals surface area (Å²) < 4.78 is 0. The third-order valence-corrected chi connectivity index (χ3v) is 3.44. The van der Waals surface area contributed by atoms with E-state index in [4.69, 9.17) is 0 Å². The van der Waals surface area contributed by atoms with Gasteiger partial charge < -0.3 is 9.97 Å². The highest BCUT2D eigenvalue weighted by Gasteiger charge is 2.10. The van der Waals surface area contributed by atoms with Gasteiger partial charge in [0.15, 0.2) is 0 Å². The second kappa shape index (κ2) is 4.49. The molecule has 3 N–H and O–H groups in total. The third-order valence-electron chi connectivity index (χ3n) is 3.44. The average molecular weight is 276 g/mol. The van der Waals surface area contributed by atoms with Gasteiger partial charge in [-0.05, 0) is 35.7 Å². The van der Waals surface area contributed by atoms with Crippen LogP contribution in [0.25, 0.3) is 21.9 Å². The smallest absolute Gasteiger partial charge is 0.258 e. The molecule has 0 fully saturated rings. The first-order chi connectivity index (χ1) is 10.3. The van der Waals surface area contributed by atoms with Gasteiger partial charge in [-0.3, -0.25) is 10.1 Å². The summed E-state index contributed by atoms with van der Waals surface area (Å²) in [7, 11) is 0. The molecule has 0 aliphatic carbocycles. The van der Waals surface area contributed by atoms with Gasteiger partial charge in [0.1, 0.15) is 0 Å². The molecule has 1 amide bonds. The van der Waals surface area contributed by atoms with Gasteiger partial charge >= 0.3 is 0 Å². The zero-order valence-corrected chi connectivity index (χ0v) is 11.1. The van der Waals surface area contributed by atoms with E-state index in [2.05, 4.69) is 20.3 Å². The zero-order valence-electron chi connectivity index (χ0n) is 11.1. The van der Waals surface area contributed by atoms with E-state index in [0.717, 1.165) is 21.9 Å². The second-order valence-corrected chi connectivity index (χ2v) is 4.84. The Morgan fingerprint density at radius 2 is 1.95 bits per heavy atom. The number of carbonyl (C=O) groups excluding carboxylic acids is 1. The minimum atomic E-state index is -0.189. The Bertz CT molecular complexity index is 918. The molecule has 0 atom stereocenters. The predicted molar refractivity (Wildman–Crippen MR) is 82.3 cm³/mol. The monoisotopic (exact) mass is 276 g/mol. The van der Waals surface area contributed by atoms with Crippen LogP contribution in [0.1, 0.15) is 10.4 Å². The zero-order chi connectivity index (χ0) is 14.2. The molecule has 2 aromatic heterocycles. The summed E-state index contributed by atoms with van der Waals surface area (Å²) in [5.41, 5.74) is 3.25. The van der Waals surface area contributed by atoms with Gasteiger partial charge in [0, 0.05) is 17.3 Å². The molecule has 5 heteroatoms. The van der Waals surface area contributed by atoms with Crippen molar-refractivity contribution in [3.8, 4) is 0 Å². The lowest BCUT2D eigenvalue weighted by Crippen LogP contribution is -2.12. The fourth-order valence-corrected chi connectivity index (χ4v) is 2.38. The Balaban J connectivity index is 1.64. The Morgan fingerprint density at radius 1 is 1.05 bits per heavy atom. The number of nitrogens with one attached hydrogen (secondary N) is 3. The summed E-state index contributed by atoms with van der Waals surface area (Å²) >= 11 is 0. The molecule has 2 aromatic carbocycles. The quantitative estimate of drug-likeness (QED) is 0.525. The Morgan fingerprint density at radius 3 is 2.86 bits per heavy atom. The number of fused-ring (bicyclic) bond motifs is 2. The first-order valence-electron chi connectivity index (χ1n) is 6.63. The molecule has 0 radical (unpaired) electrons. The van der Waals surface area contributed by atoms with Crippen LogP contribution in [0.15, 0.2) is 54.7 Å². The van der Waals surface area contributed by atoms with Gasteiger partial charge in [-0.25, -0.2) is 4.98 Å². The summed E-state index contributed by atoms with van der Waals surface area (Å²) in [6.45, 7) is 0. The number of benzene rings is 2. The fourth-order valence-electron chi connectivity index (χ4n) is 2.38. The number of hydrogen-bond donors (Lipinski definition) is 3. The number of H-pyrrole nitrogens is 2. The highest BCUT2D eigenvalue weighted by molar-refractivity contribution is 6.05. The molecule has 21 heavy (non-hydrogen) atoms. The fraction of sp³-hybridized carbons (Fsp3) is 0. The summed E-state index contributed by atoms with van der Waals surface area (Å²) in [5.74, 6) is 0.262. The molecule has 4 rings (SSSR count). The molecule has 0 bridgehead atoms. The molecule has 102 valence electrons. The number of rotatable bonds is 2. The van der Waals surface area contributed by atoms with E-state index < -0.39 is 0 Å². The van der Waals surface area contributed by atoms with Gasteiger partial charge in [-0.1, -0.05) is 18.2 Å². The highest BCUT2D eigenvalue weighted by atomic mass is 16.1. The maximum absolute atomic E-state index is 12.3. The molecule has 5 nitrogen and oxygen atoms in total. The molecule has 0 unspecified atom stereocenters. The number of nitrogens with zero attached hydrogens (tertiary/aromatic N) is 1. The minimum Gasteiger partial charge on any atom is -0.361 e. The molecular weight excluding hydrogens is 264 g/mol. The second-order valence-electron chi connectivity index (χ2n) is 4.84. The molecule has 4 aromatic rings. The molecule has 0 aliphatic rings. The molecular formula is C16H12N4O. The largest absolute Gasteiger partial charge is 0.361 e. The van der Waals surface area contributed by atoms with Crippen LogP contribution in [0.5, 0.6) is 0 Å². The van der Waals surface area contributed by atoms with E-state index >= 15 is 0 Å². The topological polar surface area (TPSA) is 73.6 Å². The first-order valence-corrected chi connectivity index (χ1v) is 6.63. The Kier molecular flexibility index (Phi) is 2.50. The van der Waals surface area contributed by atoms with E-state index in [1.807, 2.05) is 48.7 Å². The molecule has 0 saturated heterocycles. The summed E-state index contributed by atoms with van der Waals surface area (Å²) in [4.78, 5) is 22.8. The van der Waals surface area contributed by atoms with Crippen molar-refractivity contribution in [2.45, 2.75) is 0 Å². The van der Waals surface area contributed by atoms with Gasteiger partial charge in [-0.2, -0.15) is 0 Å². The number of hydrogen-bond acceptors (Lipinski definition) is 2. The van der Waals surface area contributed by atoms with Crippen LogP contribution in [0.2, 0.25) is 0 Å². The van der Waals surface area contributed by atoms with E-state index in [0.29, 0.717) is 11.5 Å². The van der Waals surface area contributed by atoms with Gasteiger partial charge in [0.2, 0.25) is 5.95 Å². The standard InChI is InChI=1S/C16H12N4O/c21-15(11-6-5-10-7-8-17-14(10)9-11)20-16-18-12-3-1-2-4-13(12)19-16/h1-9,17H,(H2,18,19,20,21). The molecule has 0 saturated carbocycles. The number of imidazole rings is 1. The van der Waals surface area contributed by atoms with E-state index in [9.17, 15) is 4.79 Å². The van der Waals surface area contributed by atoms with Crippen LogP contribution in [0.3, 0.4) is 0 Å². The van der Waals surface area contributed by atoms with E-state index in [1.54, 1.807) is 6.07 Å². The molecule has 0 aliphatic heterocycles. The van der Waals surface area contributed by atoms with Crippen molar-refractivity contribution < 1.29 is 4.79 Å². The Labute approximate surface area is 120 Å². The lowest BCUT2D eigenvalue weighted by Gasteiger charge is -2.02. The van der Waals surface area contributed by atoms with Crippen LogP contribution < -0.4 is 5.32 Å². The van der Waals surface area contributed by atoms with Crippen molar-refractivity contribution in [3.05, 3.63) is 60.3 Å². The molecule has 0 spiro atoms. The van der Waals surface area contributed by atoms with Gasteiger partial charge in [0.25, 0.3) is 5.91 Å². The third kappa shape index (κ3) is 2.04. The molecule has 2 heterocycles. The number of carbonyl (C=O) groups is 1. The van der Waals surface area contributed by atoms with Crippen molar-refractivity contribution in [1.82, 2.24) is 15.0 Å². The number of para-hydroxylation sites is 2. The van der Waals surface area contributed by atoms with Crippen LogP contribution in [-0.4, -0.2) is 20.9 Å². The minimum absolute atomic E-state index is 0.189. The van der Waals surface area contributed by atoms with Crippen LogP contribution >= 0.6 is 0 Å². The first kappa shape index (κ1) is 11.7. The van der Waals surface area contributed by atoms with Crippen molar-refractivity contribution in [1.29, 1.82) is 0 Å². The summed E-state index contributed by atoms with van der Waals surface area (Å²) in [5, 5.41) is 3.86. The van der Waals surface area contributed by atoms with Crippen LogP contribution in [0.4, 0.5) is 5.95 Å².